The van der Waals surface area contributed by atoms with Crippen molar-refractivity contribution in [2.75, 3.05) is 12.4 Å². The Bertz CT molecular complexity index is 1150. The molecule has 2 aromatic heterocycles. The number of terminal acetylenes is 1. The molecule has 4 rings (SSSR count). The van der Waals surface area contributed by atoms with Crippen LogP contribution in [0.1, 0.15) is 5.56 Å². The van der Waals surface area contributed by atoms with Crippen LogP contribution < -0.4 is 10.1 Å². The van der Waals surface area contributed by atoms with E-state index < -0.39 is 0 Å². The van der Waals surface area contributed by atoms with E-state index in [-0.39, 0.29) is 0 Å². The highest BCUT2D eigenvalue weighted by atomic mass is 16.5. The van der Waals surface area contributed by atoms with Crippen molar-refractivity contribution in [3.63, 3.8) is 0 Å². The summed E-state index contributed by atoms with van der Waals surface area (Å²) in [6.45, 7) is 0. The van der Waals surface area contributed by atoms with Gasteiger partial charge in [-0.2, -0.15) is 0 Å². The smallest absolute Gasteiger partial charge is 0.141 e. The number of benzene rings is 2. The molecule has 1 N–H and O–H groups in total. The molecule has 130 valence electrons. The Labute approximate surface area is 157 Å². The lowest BCUT2D eigenvalue weighted by molar-refractivity contribution is 0.417. The summed E-state index contributed by atoms with van der Waals surface area (Å²) in [5, 5.41) is 4.20. The van der Waals surface area contributed by atoms with Crippen LogP contribution in [-0.2, 0) is 0 Å². The molecule has 0 fully saturated rings. The third-order valence-electron chi connectivity index (χ3n) is 4.19. The second kappa shape index (κ2) is 7.14. The molecule has 0 spiro atoms. The van der Waals surface area contributed by atoms with Crippen molar-refractivity contribution in [2.24, 2.45) is 0 Å². The molecule has 0 atom stereocenters. The summed E-state index contributed by atoms with van der Waals surface area (Å²) < 4.78 is 5.55. The van der Waals surface area contributed by atoms with Gasteiger partial charge in [-0.25, -0.2) is 9.97 Å². The third-order valence-corrected chi connectivity index (χ3v) is 4.19. The van der Waals surface area contributed by atoms with Crippen molar-refractivity contribution in [2.45, 2.75) is 0 Å². The van der Waals surface area contributed by atoms with Crippen LogP contribution in [0.4, 0.5) is 11.5 Å². The highest BCUT2D eigenvalue weighted by Crippen LogP contribution is 2.35. The van der Waals surface area contributed by atoms with Gasteiger partial charge in [0.2, 0.25) is 0 Å². The van der Waals surface area contributed by atoms with Crippen LogP contribution >= 0.6 is 0 Å². The van der Waals surface area contributed by atoms with Crippen molar-refractivity contribution in [1.82, 2.24) is 15.0 Å². The molecular formula is C22H16N4O. The molecule has 0 aliphatic rings. The van der Waals surface area contributed by atoms with Crippen molar-refractivity contribution in [3.8, 4) is 29.4 Å². The number of fused-ring (bicyclic) bond motifs is 1. The Kier molecular flexibility index (Phi) is 4.38. The van der Waals surface area contributed by atoms with Crippen molar-refractivity contribution in [3.05, 3.63) is 72.7 Å². The Morgan fingerprint density at radius 3 is 2.70 bits per heavy atom. The molecule has 0 radical (unpaired) electrons. The summed E-state index contributed by atoms with van der Waals surface area (Å²) >= 11 is 0. The van der Waals surface area contributed by atoms with E-state index in [1.165, 1.54) is 6.33 Å². The maximum atomic E-state index is 5.55. The lowest BCUT2D eigenvalue weighted by Crippen LogP contribution is -1.98. The fraction of sp³-hybridized carbons (Fsp3) is 0.0455. The minimum Gasteiger partial charge on any atom is -0.496 e. The van der Waals surface area contributed by atoms with Gasteiger partial charge in [-0.15, -0.1) is 6.42 Å². The Balaban J connectivity index is 1.85. The number of rotatable bonds is 4. The van der Waals surface area contributed by atoms with E-state index in [4.69, 9.17) is 11.2 Å². The largest absolute Gasteiger partial charge is 0.496 e. The number of aromatic nitrogens is 3. The highest BCUT2D eigenvalue weighted by Gasteiger charge is 2.13. The second-order valence-electron chi connectivity index (χ2n) is 5.86. The zero-order valence-electron chi connectivity index (χ0n) is 14.7. The first-order valence-electron chi connectivity index (χ1n) is 8.36. The maximum Gasteiger partial charge on any atom is 0.141 e. The molecule has 27 heavy (non-hydrogen) atoms. The average Bonchev–Trinajstić information content (AvgIpc) is 2.74. The zero-order chi connectivity index (χ0) is 18.6. The van der Waals surface area contributed by atoms with Crippen LogP contribution in [0.15, 0.2) is 67.1 Å². The standard InChI is InChI=1S/C22H16N4O/c1-3-15-7-6-8-16(11-15)26-22-18-12-17(19-9-4-5-10-23-19)21(27-2)13-20(18)24-14-25-22/h1,4-14H,2H3,(H,24,25,26). The Morgan fingerprint density at radius 1 is 1.00 bits per heavy atom. The molecule has 0 saturated heterocycles. The monoisotopic (exact) mass is 352 g/mol. The SMILES string of the molecule is C#Cc1cccc(Nc2ncnc3cc(OC)c(-c4ccccn4)cc23)c1. The fourth-order valence-corrected chi connectivity index (χ4v) is 2.90. The van der Waals surface area contributed by atoms with Crippen LogP contribution in [0.5, 0.6) is 5.75 Å². The quantitative estimate of drug-likeness (QED) is 0.551. The topological polar surface area (TPSA) is 59.9 Å². The molecule has 2 heterocycles. The molecule has 0 saturated carbocycles. The summed E-state index contributed by atoms with van der Waals surface area (Å²) in [5.74, 6) is 4.04. The van der Waals surface area contributed by atoms with Gasteiger partial charge in [-0.1, -0.05) is 18.1 Å². The van der Waals surface area contributed by atoms with Gasteiger partial charge in [-0.3, -0.25) is 4.98 Å². The molecule has 5 heteroatoms. The van der Waals surface area contributed by atoms with Crippen LogP contribution in [0.25, 0.3) is 22.2 Å². The molecule has 2 aromatic carbocycles. The summed E-state index contributed by atoms with van der Waals surface area (Å²) in [7, 11) is 1.64. The maximum absolute atomic E-state index is 5.55. The second-order valence-corrected chi connectivity index (χ2v) is 5.86. The van der Waals surface area contributed by atoms with Crippen LogP contribution in [0, 0.1) is 12.3 Å². The molecule has 0 aliphatic heterocycles. The molecule has 0 amide bonds. The van der Waals surface area contributed by atoms with E-state index in [9.17, 15) is 0 Å². The summed E-state index contributed by atoms with van der Waals surface area (Å²) in [4.78, 5) is 13.2. The van der Waals surface area contributed by atoms with Gasteiger partial charge in [0, 0.05) is 34.5 Å². The molecular weight excluding hydrogens is 336 g/mol. The number of hydrogen-bond acceptors (Lipinski definition) is 5. The minimum absolute atomic E-state index is 0.689. The lowest BCUT2D eigenvalue weighted by Gasteiger charge is -2.13. The minimum atomic E-state index is 0.689. The van der Waals surface area contributed by atoms with Gasteiger partial charge < -0.3 is 10.1 Å². The fourth-order valence-electron chi connectivity index (χ4n) is 2.90. The molecule has 5 nitrogen and oxygen atoms in total. The van der Waals surface area contributed by atoms with Gasteiger partial charge >= 0.3 is 0 Å². The number of pyridine rings is 1. The number of ether oxygens (including phenoxy) is 1. The predicted molar refractivity (Wildman–Crippen MR) is 107 cm³/mol. The number of anilines is 2. The number of hydrogen-bond donors (Lipinski definition) is 1. The number of methoxy groups -OCH3 is 1. The van der Waals surface area contributed by atoms with E-state index in [0.717, 1.165) is 33.4 Å². The van der Waals surface area contributed by atoms with E-state index in [0.29, 0.717) is 11.6 Å². The van der Waals surface area contributed by atoms with Gasteiger partial charge in [0.15, 0.2) is 0 Å². The van der Waals surface area contributed by atoms with Gasteiger partial charge in [0.25, 0.3) is 0 Å². The third kappa shape index (κ3) is 3.29. The normalized spacial score (nSPS) is 10.4. The van der Waals surface area contributed by atoms with E-state index in [1.807, 2.05) is 54.6 Å². The van der Waals surface area contributed by atoms with E-state index in [1.54, 1.807) is 13.3 Å². The van der Waals surface area contributed by atoms with Gasteiger partial charge in [-0.05, 0) is 36.4 Å². The summed E-state index contributed by atoms with van der Waals surface area (Å²) in [5.41, 5.74) is 4.13. The van der Waals surface area contributed by atoms with Crippen molar-refractivity contribution >= 4 is 22.4 Å². The molecule has 0 aliphatic carbocycles. The first kappa shape index (κ1) is 16.6. The van der Waals surface area contributed by atoms with Gasteiger partial charge in [0.1, 0.15) is 17.9 Å². The van der Waals surface area contributed by atoms with Gasteiger partial charge in [0.05, 0.1) is 18.3 Å². The highest BCUT2D eigenvalue weighted by molar-refractivity contribution is 5.95. The van der Waals surface area contributed by atoms with Crippen LogP contribution in [-0.4, -0.2) is 22.1 Å². The number of nitrogens with zero attached hydrogens (tertiary/aromatic N) is 3. The molecule has 4 aromatic rings. The summed E-state index contributed by atoms with van der Waals surface area (Å²) in [6, 6.07) is 17.3. The average molecular weight is 352 g/mol. The predicted octanol–water partition coefficient (Wildman–Crippen LogP) is 4.43. The van der Waals surface area contributed by atoms with Crippen molar-refractivity contribution < 1.29 is 4.74 Å². The van der Waals surface area contributed by atoms with Crippen LogP contribution in [0.2, 0.25) is 0 Å². The summed E-state index contributed by atoms with van der Waals surface area (Å²) in [6.07, 6.45) is 8.77. The van der Waals surface area contributed by atoms with E-state index in [2.05, 4.69) is 26.2 Å². The molecule has 0 unspecified atom stereocenters. The molecule has 0 bridgehead atoms. The Morgan fingerprint density at radius 2 is 1.93 bits per heavy atom. The van der Waals surface area contributed by atoms with Crippen molar-refractivity contribution in [1.29, 1.82) is 0 Å². The zero-order valence-corrected chi connectivity index (χ0v) is 14.7. The number of nitrogens with one attached hydrogen (secondary N) is 1. The lowest BCUT2D eigenvalue weighted by atomic mass is 10.1. The Hall–Kier alpha value is -3.91. The van der Waals surface area contributed by atoms with Crippen LogP contribution in [0.3, 0.4) is 0 Å². The first-order valence-corrected chi connectivity index (χ1v) is 8.36. The van der Waals surface area contributed by atoms with E-state index >= 15 is 0 Å². The first-order chi connectivity index (χ1) is 13.3.